The number of pyridine rings is 1. The van der Waals surface area contributed by atoms with Gasteiger partial charge in [-0.2, -0.15) is 13.2 Å². The lowest BCUT2D eigenvalue weighted by Crippen LogP contribution is -2.36. The van der Waals surface area contributed by atoms with Crippen LogP contribution in [0, 0.1) is 0 Å². The normalized spacial score (nSPS) is 20.2. The molecule has 0 radical (unpaired) electrons. The highest BCUT2D eigenvalue weighted by molar-refractivity contribution is 5.49. The maximum atomic E-state index is 13.0. The second kappa shape index (κ2) is 6.33. The molecule has 25 heavy (non-hydrogen) atoms. The van der Waals surface area contributed by atoms with Gasteiger partial charge in [0.25, 0.3) is 0 Å². The third-order valence-electron chi connectivity index (χ3n) is 5.05. The third kappa shape index (κ3) is 3.35. The standard InChI is InChI=1S/C19H22F3N3/c1-18(2)14-7-5-4-6-12(14)10-16(18)25-13-8-9-15(24-11-13)17(23-3)19(20,21)22/h4-9,11,16-17,23,25H,10H2,1-3H3/t16-,17?/m0/s1. The fourth-order valence-corrected chi connectivity index (χ4v) is 3.56. The number of anilines is 1. The molecule has 134 valence electrons. The number of hydrogen-bond acceptors (Lipinski definition) is 3. The summed E-state index contributed by atoms with van der Waals surface area (Å²) < 4.78 is 38.9. The van der Waals surface area contributed by atoms with E-state index in [9.17, 15) is 13.2 Å². The SMILES string of the molecule is CNC(c1ccc(N[C@H]2Cc3ccccc3C2(C)C)cn1)C(F)(F)F. The van der Waals surface area contributed by atoms with E-state index in [4.69, 9.17) is 0 Å². The zero-order chi connectivity index (χ0) is 18.2. The molecule has 1 aliphatic carbocycles. The van der Waals surface area contributed by atoms with Gasteiger partial charge in [-0.15, -0.1) is 0 Å². The van der Waals surface area contributed by atoms with E-state index in [0.29, 0.717) is 0 Å². The van der Waals surface area contributed by atoms with E-state index in [2.05, 4.69) is 41.6 Å². The molecular weight excluding hydrogens is 327 g/mol. The quantitative estimate of drug-likeness (QED) is 0.868. The van der Waals surface area contributed by atoms with Gasteiger partial charge in [0.2, 0.25) is 0 Å². The maximum Gasteiger partial charge on any atom is 0.409 e. The molecule has 2 aromatic rings. The Labute approximate surface area is 145 Å². The molecule has 3 rings (SSSR count). The average molecular weight is 349 g/mol. The molecule has 2 N–H and O–H groups in total. The first-order chi connectivity index (χ1) is 11.7. The lowest BCUT2D eigenvalue weighted by molar-refractivity contribution is -0.157. The number of halogens is 3. The lowest BCUT2D eigenvalue weighted by atomic mass is 9.83. The first-order valence-corrected chi connectivity index (χ1v) is 8.28. The van der Waals surface area contributed by atoms with Crippen LogP contribution in [0.1, 0.15) is 36.7 Å². The Balaban J connectivity index is 1.77. The molecule has 1 unspecified atom stereocenters. The molecule has 0 saturated carbocycles. The highest BCUT2D eigenvalue weighted by Gasteiger charge is 2.41. The van der Waals surface area contributed by atoms with Gasteiger partial charge in [-0.3, -0.25) is 4.98 Å². The maximum absolute atomic E-state index is 13.0. The zero-order valence-electron chi connectivity index (χ0n) is 14.5. The van der Waals surface area contributed by atoms with Crippen LogP contribution in [-0.4, -0.2) is 24.2 Å². The molecule has 0 amide bonds. The number of benzene rings is 1. The Morgan fingerprint density at radius 1 is 1.16 bits per heavy atom. The third-order valence-corrected chi connectivity index (χ3v) is 5.05. The van der Waals surface area contributed by atoms with Gasteiger partial charge in [-0.1, -0.05) is 38.1 Å². The molecule has 1 aromatic carbocycles. The summed E-state index contributed by atoms with van der Waals surface area (Å²) in [6.45, 7) is 4.36. The van der Waals surface area contributed by atoms with Crippen molar-refractivity contribution in [2.24, 2.45) is 0 Å². The van der Waals surface area contributed by atoms with Gasteiger partial charge in [0.1, 0.15) is 6.04 Å². The van der Waals surface area contributed by atoms with Crippen LogP contribution < -0.4 is 10.6 Å². The molecule has 3 nitrogen and oxygen atoms in total. The summed E-state index contributed by atoms with van der Waals surface area (Å²) in [7, 11) is 1.28. The predicted molar refractivity (Wildman–Crippen MR) is 92.7 cm³/mol. The van der Waals surface area contributed by atoms with E-state index in [-0.39, 0.29) is 17.2 Å². The minimum Gasteiger partial charge on any atom is -0.380 e. The number of hydrogen-bond donors (Lipinski definition) is 2. The Kier molecular flexibility index (Phi) is 4.49. The molecule has 1 aliphatic rings. The van der Waals surface area contributed by atoms with Crippen LogP contribution in [0.5, 0.6) is 0 Å². The molecule has 6 heteroatoms. The first-order valence-electron chi connectivity index (χ1n) is 8.28. The Bertz CT molecular complexity index is 738. The number of nitrogens with one attached hydrogen (secondary N) is 2. The molecule has 0 spiro atoms. The highest BCUT2D eigenvalue weighted by Crippen LogP contribution is 2.40. The van der Waals surface area contributed by atoms with Crippen molar-refractivity contribution in [3.8, 4) is 0 Å². The summed E-state index contributed by atoms with van der Waals surface area (Å²) in [5.41, 5.74) is 3.25. The summed E-state index contributed by atoms with van der Waals surface area (Å²) in [6, 6.07) is 9.83. The van der Waals surface area contributed by atoms with Crippen LogP contribution in [-0.2, 0) is 11.8 Å². The number of aromatic nitrogens is 1. The van der Waals surface area contributed by atoms with E-state index in [1.807, 2.05) is 12.1 Å². The number of rotatable bonds is 4. The van der Waals surface area contributed by atoms with Crippen LogP contribution in [0.3, 0.4) is 0 Å². The zero-order valence-corrected chi connectivity index (χ0v) is 14.5. The summed E-state index contributed by atoms with van der Waals surface area (Å²) >= 11 is 0. The van der Waals surface area contributed by atoms with Crippen LogP contribution >= 0.6 is 0 Å². The number of nitrogens with zero attached hydrogens (tertiary/aromatic N) is 1. The second-order valence-corrected chi connectivity index (χ2v) is 7.01. The van der Waals surface area contributed by atoms with Gasteiger partial charge in [0.15, 0.2) is 0 Å². The van der Waals surface area contributed by atoms with Gasteiger partial charge in [-0.25, -0.2) is 0 Å². The highest BCUT2D eigenvalue weighted by atomic mass is 19.4. The molecular formula is C19H22F3N3. The average Bonchev–Trinajstić information content (AvgIpc) is 2.80. The summed E-state index contributed by atoms with van der Waals surface area (Å²) in [6.07, 6.45) is -2.01. The molecule has 1 aromatic heterocycles. The molecule has 0 saturated heterocycles. The predicted octanol–water partition coefficient (Wildman–Crippen LogP) is 4.22. The molecule has 0 aliphatic heterocycles. The topological polar surface area (TPSA) is 37.0 Å². The van der Waals surface area contributed by atoms with Crippen molar-refractivity contribution >= 4 is 5.69 Å². The number of fused-ring (bicyclic) bond motifs is 1. The van der Waals surface area contributed by atoms with Crippen molar-refractivity contribution in [1.29, 1.82) is 0 Å². The van der Waals surface area contributed by atoms with Gasteiger partial charge >= 0.3 is 6.18 Å². The fraction of sp³-hybridized carbons (Fsp3) is 0.421. The van der Waals surface area contributed by atoms with Gasteiger partial charge in [-0.05, 0) is 36.7 Å². The van der Waals surface area contributed by atoms with E-state index < -0.39 is 12.2 Å². The van der Waals surface area contributed by atoms with E-state index in [1.165, 1.54) is 30.4 Å². The van der Waals surface area contributed by atoms with Crippen LogP contribution in [0.2, 0.25) is 0 Å². The molecule has 1 heterocycles. The van der Waals surface area contributed by atoms with E-state index in [1.54, 1.807) is 6.07 Å². The monoisotopic (exact) mass is 349 g/mol. The summed E-state index contributed by atoms with van der Waals surface area (Å²) in [5.74, 6) is 0. The minimum absolute atomic E-state index is 0.0329. The lowest BCUT2D eigenvalue weighted by Gasteiger charge is -2.30. The number of alkyl halides is 3. The summed E-state index contributed by atoms with van der Waals surface area (Å²) in [5, 5.41) is 5.70. The van der Waals surface area contributed by atoms with Gasteiger partial charge in [0, 0.05) is 11.5 Å². The van der Waals surface area contributed by atoms with Crippen molar-refractivity contribution in [2.45, 2.75) is 43.9 Å². The first kappa shape index (κ1) is 17.7. The largest absolute Gasteiger partial charge is 0.409 e. The van der Waals surface area contributed by atoms with Crippen molar-refractivity contribution in [1.82, 2.24) is 10.3 Å². The van der Waals surface area contributed by atoms with Gasteiger partial charge < -0.3 is 10.6 Å². The Morgan fingerprint density at radius 2 is 1.88 bits per heavy atom. The van der Waals surface area contributed by atoms with Crippen molar-refractivity contribution < 1.29 is 13.2 Å². The molecule has 0 bridgehead atoms. The minimum atomic E-state index is -4.37. The Hall–Kier alpha value is -2.08. The van der Waals surface area contributed by atoms with Crippen LogP contribution in [0.15, 0.2) is 42.6 Å². The molecule has 0 fully saturated rings. The van der Waals surface area contributed by atoms with Crippen molar-refractivity contribution in [3.63, 3.8) is 0 Å². The summed E-state index contributed by atoms with van der Waals surface area (Å²) in [4.78, 5) is 4.01. The van der Waals surface area contributed by atoms with E-state index in [0.717, 1.165) is 12.1 Å². The van der Waals surface area contributed by atoms with Gasteiger partial charge in [0.05, 0.1) is 17.6 Å². The van der Waals surface area contributed by atoms with E-state index >= 15 is 0 Å². The Morgan fingerprint density at radius 3 is 2.44 bits per heavy atom. The smallest absolute Gasteiger partial charge is 0.380 e. The molecule has 2 atom stereocenters. The second-order valence-electron chi connectivity index (χ2n) is 7.01. The van der Waals surface area contributed by atoms with Crippen molar-refractivity contribution in [2.75, 3.05) is 12.4 Å². The van der Waals surface area contributed by atoms with Crippen molar-refractivity contribution in [3.05, 3.63) is 59.4 Å². The fourth-order valence-electron chi connectivity index (χ4n) is 3.56. The van der Waals surface area contributed by atoms with Crippen LogP contribution in [0.25, 0.3) is 0 Å². The van der Waals surface area contributed by atoms with Crippen LogP contribution in [0.4, 0.5) is 18.9 Å².